The van der Waals surface area contributed by atoms with Crippen LogP contribution < -0.4 is 10.5 Å². The summed E-state index contributed by atoms with van der Waals surface area (Å²) in [6.45, 7) is 0. The van der Waals surface area contributed by atoms with Crippen molar-refractivity contribution in [2.45, 2.75) is 6.18 Å². The molecule has 18 heavy (non-hydrogen) atoms. The lowest BCUT2D eigenvalue weighted by Crippen LogP contribution is -2.05. The van der Waals surface area contributed by atoms with Gasteiger partial charge in [-0.1, -0.05) is 0 Å². The Morgan fingerprint density at radius 3 is 2.50 bits per heavy atom. The summed E-state index contributed by atoms with van der Waals surface area (Å²) < 4.78 is 42.9. The highest BCUT2D eigenvalue weighted by Crippen LogP contribution is 2.36. The van der Waals surface area contributed by atoms with E-state index in [0.29, 0.717) is 11.4 Å². The lowest BCUT2D eigenvalue weighted by Gasteiger charge is -2.11. The fourth-order valence-corrected chi connectivity index (χ4v) is 1.57. The number of aromatic nitrogens is 2. The summed E-state index contributed by atoms with van der Waals surface area (Å²) in [5.74, 6) is 0.510. The zero-order valence-electron chi connectivity index (χ0n) is 9.38. The largest absolute Gasteiger partial charge is 0.496 e. The van der Waals surface area contributed by atoms with E-state index >= 15 is 0 Å². The molecule has 2 aromatic rings. The van der Waals surface area contributed by atoms with E-state index in [4.69, 9.17) is 10.5 Å². The van der Waals surface area contributed by atoms with Gasteiger partial charge in [-0.05, 0) is 18.2 Å². The highest BCUT2D eigenvalue weighted by Gasteiger charge is 2.31. The van der Waals surface area contributed by atoms with E-state index in [9.17, 15) is 13.2 Å². The van der Waals surface area contributed by atoms with Crippen molar-refractivity contribution in [2.24, 2.45) is 0 Å². The smallest absolute Gasteiger partial charge is 0.416 e. The summed E-state index contributed by atoms with van der Waals surface area (Å²) in [7, 11) is 1.38. The maximum Gasteiger partial charge on any atom is 0.416 e. The van der Waals surface area contributed by atoms with Crippen LogP contribution in [0.4, 0.5) is 19.0 Å². The SMILES string of the molecule is COc1ccc(C(F)(F)F)cc1-c1cc(N)n[nH]1. The Morgan fingerprint density at radius 1 is 1.28 bits per heavy atom. The molecule has 3 N–H and O–H groups in total. The molecular weight excluding hydrogens is 247 g/mol. The van der Waals surface area contributed by atoms with Crippen molar-refractivity contribution in [3.63, 3.8) is 0 Å². The average molecular weight is 257 g/mol. The molecule has 0 bridgehead atoms. The van der Waals surface area contributed by atoms with Crippen molar-refractivity contribution in [1.29, 1.82) is 0 Å². The van der Waals surface area contributed by atoms with Crippen molar-refractivity contribution < 1.29 is 17.9 Å². The second-order valence-electron chi connectivity index (χ2n) is 3.62. The third-order valence-corrected chi connectivity index (χ3v) is 2.41. The van der Waals surface area contributed by atoms with Crippen LogP contribution in [-0.4, -0.2) is 17.3 Å². The van der Waals surface area contributed by atoms with Crippen LogP contribution in [0.3, 0.4) is 0 Å². The quantitative estimate of drug-likeness (QED) is 0.869. The molecule has 0 aliphatic heterocycles. The number of ether oxygens (including phenoxy) is 1. The zero-order valence-corrected chi connectivity index (χ0v) is 9.38. The standard InChI is InChI=1S/C11H10F3N3O/c1-18-9-3-2-6(11(12,13)14)4-7(9)8-5-10(15)17-16-8/h2-5H,1H3,(H3,15,16,17). The van der Waals surface area contributed by atoms with Crippen LogP contribution in [0.15, 0.2) is 24.3 Å². The molecule has 0 fully saturated rings. The Bertz CT molecular complexity index is 563. The highest BCUT2D eigenvalue weighted by atomic mass is 19.4. The number of methoxy groups -OCH3 is 1. The molecule has 4 nitrogen and oxygen atoms in total. The number of hydrogen-bond donors (Lipinski definition) is 2. The Labute approximate surface area is 101 Å². The van der Waals surface area contributed by atoms with E-state index < -0.39 is 11.7 Å². The molecular formula is C11H10F3N3O. The summed E-state index contributed by atoms with van der Waals surface area (Å²) in [4.78, 5) is 0. The minimum atomic E-state index is -4.41. The van der Waals surface area contributed by atoms with E-state index in [1.807, 2.05) is 0 Å². The maximum absolute atomic E-state index is 12.6. The Kier molecular flexibility index (Phi) is 2.90. The monoisotopic (exact) mass is 257 g/mol. The maximum atomic E-state index is 12.6. The van der Waals surface area contributed by atoms with Crippen LogP contribution in [0.5, 0.6) is 5.75 Å². The number of halogens is 3. The second-order valence-corrected chi connectivity index (χ2v) is 3.62. The number of nitrogen functional groups attached to an aromatic ring is 1. The van der Waals surface area contributed by atoms with Crippen LogP contribution >= 0.6 is 0 Å². The van der Waals surface area contributed by atoms with Crippen LogP contribution in [-0.2, 0) is 6.18 Å². The van der Waals surface area contributed by atoms with Gasteiger partial charge in [0.2, 0.25) is 0 Å². The van der Waals surface area contributed by atoms with Crippen LogP contribution in [0, 0.1) is 0 Å². The molecule has 0 unspecified atom stereocenters. The molecule has 1 aromatic carbocycles. The number of nitrogens with zero attached hydrogens (tertiary/aromatic N) is 1. The molecule has 0 saturated carbocycles. The molecule has 7 heteroatoms. The number of rotatable bonds is 2. The number of aromatic amines is 1. The van der Waals surface area contributed by atoms with Crippen LogP contribution in [0.2, 0.25) is 0 Å². The first-order chi connectivity index (χ1) is 8.41. The second kappa shape index (κ2) is 4.25. The van der Waals surface area contributed by atoms with Crippen LogP contribution in [0.25, 0.3) is 11.3 Å². The molecule has 0 radical (unpaired) electrons. The topological polar surface area (TPSA) is 63.9 Å². The number of benzene rings is 1. The lowest BCUT2D eigenvalue weighted by atomic mass is 10.1. The number of nitrogens with one attached hydrogen (secondary N) is 1. The highest BCUT2D eigenvalue weighted by molar-refractivity contribution is 5.70. The van der Waals surface area contributed by atoms with Gasteiger partial charge < -0.3 is 10.5 Å². The molecule has 0 saturated heterocycles. The van der Waals surface area contributed by atoms with Gasteiger partial charge in [0.1, 0.15) is 11.6 Å². The summed E-state index contributed by atoms with van der Waals surface area (Å²) in [6.07, 6.45) is -4.41. The normalized spacial score (nSPS) is 11.6. The van der Waals surface area contributed by atoms with Gasteiger partial charge in [-0.3, -0.25) is 5.10 Å². The third-order valence-electron chi connectivity index (χ3n) is 2.41. The number of hydrogen-bond acceptors (Lipinski definition) is 3. The van der Waals surface area contributed by atoms with E-state index in [-0.39, 0.29) is 11.4 Å². The number of H-pyrrole nitrogens is 1. The third kappa shape index (κ3) is 2.24. The van der Waals surface area contributed by atoms with Gasteiger partial charge in [0, 0.05) is 11.6 Å². The lowest BCUT2D eigenvalue weighted by molar-refractivity contribution is -0.137. The Hall–Kier alpha value is -2.18. The van der Waals surface area contributed by atoms with Gasteiger partial charge >= 0.3 is 6.18 Å². The molecule has 0 amide bonds. The van der Waals surface area contributed by atoms with E-state index in [1.54, 1.807) is 0 Å². The van der Waals surface area contributed by atoms with Gasteiger partial charge in [0.15, 0.2) is 0 Å². The van der Waals surface area contributed by atoms with Crippen molar-refractivity contribution in [1.82, 2.24) is 10.2 Å². The predicted molar refractivity (Wildman–Crippen MR) is 60.0 cm³/mol. The van der Waals surface area contributed by atoms with E-state index in [2.05, 4.69) is 10.2 Å². The fourth-order valence-electron chi connectivity index (χ4n) is 1.57. The Morgan fingerprint density at radius 2 is 2.00 bits per heavy atom. The molecule has 0 atom stereocenters. The minimum Gasteiger partial charge on any atom is -0.496 e. The molecule has 1 heterocycles. The first kappa shape index (κ1) is 12.3. The molecule has 2 rings (SSSR count). The first-order valence-electron chi connectivity index (χ1n) is 4.98. The zero-order chi connectivity index (χ0) is 13.3. The summed E-state index contributed by atoms with van der Waals surface area (Å²) >= 11 is 0. The van der Waals surface area contributed by atoms with Gasteiger partial charge in [0.25, 0.3) is 0 Å². The van der Waals surface area contributed by atoms with Crippen molar-refractivity contribution in [3.05, 3.63) is 29.8 Å². The Balaban J connectivity index is 2.56. The summed E-state index contributed by atoms with van der Waals surface area (Å²) in [5.41, 5.74) is 5.30. The first-order valence-corrected chi connectivity index (χ1v) is 4.98. The molecule has 0 aliphatic carbocycles. The van der Waals surface area contributed by atoms with Crippen molar-refractivity contribution in [3.8, 4) is 17.0 Å². The van der Waals surface area contributed by atoms with Gasteiger partial charge in [-0.2, -0.15) is 18.3 Å². The molecule has 0 spiro atoms. The van der Waals surface area contributed by atoms with Gasteiger partial charge in [-0.15, -0.1) is 0 Å². The predicted octanol–water partition coefficient (Wildman–Crippen LogP) is 2.69. The average Bonchev–Trinajstić information content (AvgIpc) is 2.73. The number of nitrogens with two attached hydrogens (primary N) is 1. The number of alkyl halides is 3. The van der Waals surface area contributed by atoms with Crippen LogP contribution in [0.1, 0.15) is 5.56 Å². The minimum absolute atomic E-state index is 0.199. The van der Waals surface area contributed by atoms with E-state index in [1.165, 1.54) is 19.2 Å². The summed E-state index contributed by atoms with van der Waals surface area (Å²) in [6, 6.07) is 4.65. The summed E-state index contributed by atoms with van der Waals surface area (Å²) in [5, 5.41) is 6.23. The van der Waals surface area contributed by atoms with Gasteiger partial charge in [-0.25, -0.2) is 0 Å². The molecule has 96 valence electrons. The van der Waals surface area contributed by atoms with Gasteiger partial charge in [0.05, 0.1) is 18.4 Å². The van der Waals surface area contributed by atoms with Crippen molar-refractivity contribution >= 4 is 5.82 Å². The van der Waals surface area contributed by atoms with E-state index in [0.717, 1.165) is 12.1 Å². The fraction of sp³-hybridized carbons (Fsp3) is 0.182. The van der Waals surface area contributed by atoms with Crippen molar-refractivity contribution in [2.75, 3.05) is 12.8 Å². The number of anilines is 1. The molecule has 0 aliphatic rings. The molecule has 1 aromatic heterocycles.